The molecule has 1 N–H and O–H groups in total. The van der Waals surface area contributed by atoms with Crippen LogP contribution in [0.25, 0.3) is 0 Å². The minimum absolute atomic E-state index is 0.0271. The molecule has 160 valence electrons. The molecular weight excluding hydrogens is 420 g/mol. The normalized spacial score (nSPS) is 22.5. The van der Waals surface area contributed by atoms with E-state index >= 15 is 0 Å². The van der Waals surface area contributed by atoms with Crippen molar-refractivity contribution in [1.29, 1.82) is 0 Å². The van der Waals surface area contributed by atoms with Crippen LogP contribution in [-0.2, 0) is 14.8 Å². The van der Waals surface area contributed by atoms with E-state index < -0.39 is 16.1 Å². The number of nitrogens with one attached hydrogen (secondary N) is 1. The molecule has 1 fully saturated rings. The summed E-state index contributed by atoms with van der Waals surface area (Å²) in [6.45, 7) is 3.42. The van der Waals surface area contributed by atoms with Gasteiger partial charge < -0.3 is 4.90 Å². The summed E-state index contributed by atoms with van der Waals surface area (Å²) >= 11 is 1.63. The predicted octanol–water partition coefficient (Wildman–Crippen LogP) is 3.15. The smallest absolute Gasteiger partial charge is 0.263 e. The van der Waals surface area contributed by atoms with E-state index in [0.29, 0.717) is 25.1 Å². The summed E-state index contributed by atoms with van der Waals surface area (Å²) in [4.78, 5) is 24.6. The monoisotopic (exact) mass is 446 g/mol. The van der Waals surface area contributed by atoms with Gasteiger partial charge in [-0.1, -0.05) is 31.9 Å². The lowest BCUT2D eigenvalue weighted by Crippen LogP contribution is -2.44. The number of hydrogen-bond donors (Lipinski definition) is 1. The largest absolute Gasteiger partial charge is 0.340 e. The summed E-state index contributed by atoms with van der Waals surface area (Å²) in [5.41, 5.74) is 0.533. The first-order valence-corrected chi connectivity index (χ1v) is 12.7. The first kappa shape index (κ1) is 21.0. The van der Waals surface area contributed by atoms with Crippen molar-refractivity contribution in [2.24, 2.45) is 4.99 Å². The molecule has 2 aliphatic heterocycles. The molecule has 0 aliphatic carbocycles. The topological polar surface area (TPSA) is 91.7 Å². The van der Waals surface area contributed by atoms with Gasteiger partial charge in [0.05, 0.1) is 9.90 Å². The molecule has 0 spiro atoms. The van der Waals surface area contributed by atoms with E-state index in [1.54, 1.807) is 41.8 Å². The molecule has 1 saturated heterocycles. The van der Waals surface area contributed by atoms with Gasteiger partial charge in [0.2, 0.25) is 5.91 Å². The van der Waals surface area contributed by atoms with Crippen molar-refractivity contribution in [3.8, 4) is 0 Å². The minimum Gasteiger partial charge on any atom is -0.340 e. The quantitative estimate of drug-likeness (QED) is 0.738. The van der Waals surface area contributed by atoms with Crippen molar-refractivity contribution < 1.29 is 13.2 Å². The fourth-order valence-electron chi connectivity index (χ4n) is 4.05. The highest BCUT2D eigenvalue weighted by Gasteiger charge is 2.34. The van der Waals surface area contributed by atoms with Gasteiger partial charge in [-0.3, -0.25) is 14.5 Å². The average molecular weight is 447 g/mol. The highest BCUT2D eigenvalue weighted by molar-refractivity contribution is 7.90. The number of hydrogen-bond acceptors (Lipinski definition) is 6. The molecule has 2 aromatic rings. The van der Waals surface area contributed by atoms with Crippen LogP contribution in [0.3, 0.4) is 0 Å². The number of carbonyl (C=O) groups excluding carboxylic acids is 1. The number of carbonyl (C=O) groups is 1. The molecule has 2 unspecified atom stereocenters. The Hall–Kier alpha value is -2.26. The van der Waals surface area contributed by atoms with Crippen LogP contribution in [0, 0.1) is 0 Å². The highest BCUT2D eigenvalue weighted by atomic mass is 32.2. The fraction of sp³-hybridized carbons (Fsp3) is 0.476. The lowest BCUT2D eigenvalue weighted by atomic mass is 9.97. The number of amidine groups is 1. The van der Waals surface area contributed by atoms with Crippen molar-refractivity contribution in [3.05, 3.63) is 46.4 Å². The maximum atomic E-state index is 13.4. The maximum Gasteiger partial charge on any atom is 0.263 e. The van der Waals surface area contributed by atoms with E-state index in [1.165, 1.54) is 0 Å². The van der Waals surface area contributed by atoms with Crippen LogP contribution < -0.4 is 4.72 Å². The Morgan fingerprint density at radius 1 is 1.40 bits per heavy atom. The Kier molecular flexibility index (Phi) is 6.19. The number of sulfonamides is 1. The number of thiazole rings is 1. The van der Waals surface area contributed by atoms with E-state index in [2.05, 4.69) is 21.6 Å². The van der Waals surface area contributed by atoms with E-state index in [4.69, 9.17) is 0 Å². The third-order valence-electron chi connectivity index (χ3n) is 5.60. The fourth-order valence-corrected chi connectivity index (χ4v) is 6.06. The van der Waals surface area contributed by atoms with Crippen LogP contribution in [-0.4, -0.2) is 49.2 Å². The second-order valence-electron chi connectivity index (χ2n) is 7.73. The summed E-state index contributed by atoms with van der Waals surface area (Å²) in [6.07, 6.45) is 6.16. The number of benzene rings is 1. The first-order valence-electron chi connectivity index (χ1n) is 10.4. The highest BCUT2D eigenvalue weighted by Crippen LogP contribution is 2.29. The zero-order valence-corrected chi connectivity index (χ0v) is 18.6. The molecule has 30 heavy (non-hydrogen) atoms. The summed E-state index contributed by atoms with van der Waals surface area (Å²) in [7, 11) is -3.62. The number of fused-ring (bicyclic) bond motifs is 1. The molecular formula is C21H26N4O3S2. The van der Waals surface area contributed by atoms with Crippen LogP contribution in [0.5, 0.6) is 0 Å². The molecule has 4 rings (SSSR count). The molecule has 7 nitrogen and oxygen atoms in total. The van der Waals surface area contributed by atoms with Gasteiger partial charge in [-0.25, -0.2) is 13.4 Å². The lowest BCUT2D eigenvalue weighted by molar-refractivity contribution is -0.133. The SMILES string of the molecule is CCCCC(N=C1NS(=O)(=O)c2ccccc21)C(=O)N1CCCC(c2nccs2)C1. The Morgan fingerprint density at radius 3 is 3.00 bits per heavy atom. The predicted molar refractivity (Wildman–Crippen MR) is 117 cm³/mol. The number of nitrogens with zero attached hydrogens (tertiary/aromatic N) is 3. The molecule has 1 aromatic heterocycles. The number of amides is 1. The number of rotatable bonds is 6. The Bertz CT molecular complexity index is 1030. The molecule has 1 amide bonds. The standard InChI is InChI=1S/C21H26N4O3S2/c1-2-3-9-17(23-19-16-8-4-5-10-18(16)30(27,28)24-19)21(26)25-12-6-7-15(14-25)20-22-11-13-29-20/h4-5,8,10-11,13,15,17H,2-3,6-7,9,12,14H2,1H3,(H,23,24). The van der Waals surface area contributed by atoms with Crippen molar-refractivity contribution in [3.63, 3.8) is 0 Å². The van der Waals surface area contributed by atoms with Gasteiger partial charge in [0.15, 0.2) is 0 Å². The second-order valence-corrected chi connectivity index (χ2v) is 10.3. The second kappa shape index (κ2) is 8.85. The number of piperidine rings is 1. The molecule has 3 heterocycles. The zero-order chi connectivity index (χ0) is 21.1. The van der Waals surface area contributed by atoms with Crippen LogP contribution in [0.15, 0.2) is 45.7 Å². The van der Waals surface area contributed by atoms with Crippen LogP contribution >= 0.6 is 11.3 Å². The van der Waals surface area contributed by atoms with Gasteiger partial charge in [-0.2, -0.15) is 0 Å². The number of unbranched alkanes of at least 4 members (excludes halogenated alkanes) is 1. The van der Waals surface area contributed by atoms with Gasteiger partial charge in [0, 0.05) is 36.1 Å². The molecule has 0 saturated carbocycles. The Morgan fingerprint density at radius 2 is 2.23 bits per heavy atom. The molecule has 2 aliphatic rings. The minimum atomic E-state index is -3.62. The van der Waals surface area contributed by atoms with Crippen molar-refractivity contribution in [1.82, 2.24) is 14.6 Å². The summed E-state index contributed by atoms with van der Waals surface area (Å²) in [5, 5.41) is 3.04. The van der Waals surface area contributed by atoms with E-state index in [-0.39, 0.29) is 22.6 Å². The zero-order valence-electron chi connectivity index (χ0n) is 17.0. The Balaban J connectivity index is 1.58. The van der Waals surface area contributed by atoms with Crippen LogP contribution in [0.1, 0.15) is 55.5 Å². The summed E-state index contributed by atoms with van der Waals surface area (Å²) < 4.78 is 27.4. The maximum absolute atomic E-state index is 13.4. The summed E-state index contributed by atoms with van der Waals surface area (Å²) in [6, 6.07) is 6.17. The van der Waals surface area contributed by atoms with Gasteiger partial charge in [-0.05, 0) is 31.4 Å². The van der Waals surface area contributed by atoms with Crippen molar-refractivity contribution in [2.45, 2.75) is 55.9 Å². The van der Waals surface area contributed by atoms with E-state index in [1.807, 2.05) is 10.3 Å². The van der Waals surface area contributed by atoms with Gasteiger partial charge in [0.1, 0.15) is 11.9 Å². The third kappa shape index (κ3) is 4.27. The third-order valence-corrected chi connectivity index (χ3v) is 7.93. The number of likely N-dealkylation sites (tertiary alicyclic amines) is 1. The first-order chi connectivity index (χ1) is 14.5. The summed E-state index contributed by atoms with van der Waals surface area (Å²) in [5.74, 6) is 0.502. The lowest BCUT2D eigenvalue weighted by Gasteiger charge is -2.33. The van der Waals surface area contributed by atoms with Crippen LogP contribution in [0.2, 0.25) is 0 Å². The molecule has 1 aromatic carbocycles. The molecule has 9 heteroatoms. The average Bonchev–Trinajstić information content (AvgIpc) is 3.38. The molecule has 2 atom stereocenters. The Labute approximate surface area is 181 Å². The molecule has 0 radical (unpaired) electrons. The van der Waals surface area contributed by atoms with Crippen LogP contribution in [0.4, 0.5) is 0 Å². The van der Waals surface area contributed by atoms with Crippen molar-refractivity contribution >= 4 is 33.1 Å². The van der Waals surface area contributed by atoms with E-state index in [9.17, 15) is 13.2 Å². The molecule has 0 bridgehead atoms. The number of aromatic nitrogens is 1. The van der Waals surface area contributed by atoms with Crippen molar-refractivity contribution in [2.75, 3.05) is 13.1 Å². The van der Waals surface area contributed by atoms with Gasteiger partial charge in [-0.15, -0.1) is 11.3 Å². The number of aliphatic imine (C=N–C) groups is 1. The van der Waals surface area contributed by atoms with Gasteiger partial charge in [0.25, 0.3) is 10.0 Å². The van der Waals surface area contributed by atoms with E-state index in [0.717, 1.165) is 30.7 Å². The van der Waals surface area contributed by atoms with Gasteiger partial charge >= 0.3 is 0 Å².